The fourth-order valence-corrected chi connectivity index (χ4v) is 9.06. The van der Waals surface area contributed by atoms with Crippen LogP contribution in [0.5, 0.6) is 0 Å². The number of rotatable bonds is 13. The Morgan fingerprint density at radius 1 is 0.915 bits per heavy atom. The lowest BCUT2D eigenvalue weighted by molar-refractivity contribution is -0.232. The Morgan fingerprint density at radius 3 is 2.36 bits per heavy atom. The summed E-state index contributed by atoms with van der Waals surface area (Å²) in [6.07, 6.45) is -6.75. The Kier molecular flexibility index (Phi) is 10.7. The van der Waals surface area contributed by atoms with Gasteiger partial charge in [0.2, 0.25) is 5.95 Å². The van der Waals surface area contributed by atoms with Crippen LogP contribution in [0.4, 0.5) is 17.6 Å². The van der Waals surface area contributed by atoms with Crippen LogP contribution in [0, 0.1) is 0 Å². The zero-order valence-corrected chi connectivity index (χ0v) is 32.0. The number of aromatic nitrogens is 10. The van der Waals surface area contributed by atoms with Crippen molar-refractivity contribution >= 4 is 55.6 Å². The molecule has 0 saturated carbocycles. The van der Waals surface area contributed by atoms with Gasteiger partial charge in [-0.2, -0.15) is 9.97 Å². The average molecular weight is 869 g/mol. The van der Waals surface area contributed by atoms with E-state index in [1.54, 1.807) is 0 Å². The molecule has 30 heteroatoms. The van der Waals surface area contributed by atoms with Crippen LogP contribution in [0.1, 0.15) is 44.4 Å². The molecule has 5 aromatic heterocycles. The molecule has 3 saturated heterocycles. The minimum atomic E-state index is -5.62. The summed E-state index contributed by atoms with van der Waals surface area (Å²) < 4.78 is 64.3. The van der Waals surface area contributed by atoms with Crippen LogP contribution < -0.4 is 33.3 Å². The predicted molar refractivity (Wildman–Crippen MR) is 193 cm³/mol. The molecule has 3 aliphatic heterocycles. The topological polar surface area (TPSA) is 414 Å². The van der Waals surface area contributed by atoms with Gasteiger partial charge in [-0.3, -0.25) is 37.1 Å². The molecular weight excluding hydrogens is 832 g/mol. The van der Waals surface area contributed by atoms with Crippen LogP contribution in [0.3, 0.4) is 0 Å². The summed E-state index contributed by atoms with van der Waals surface area (Å²) in [6.45, 7) is -1.74. The van der Waals surface area contributed by atoms with Crippen molar-refractivity contribution < 1.29 is 61.8 Å². The lowest BCUT2D eigenvalue weighted by atomic mass is 9.89. The van der Waals surface area contributed by atoms with Gasteiger partial charge in [-0.1, -0.05) is 0 Å². The van der Waals surface area contributed by atoms with Crippen molar-refractivity contribution in [2.45, 2.75) is 80.5 Å². The highest BCUT2D eigenvalue weighted by atomic mass is 31.2. The number of phosphoric acid groups is 2. The minimum absolute atomic E-state index is 0.00237. The lowest BCUT2D eigenvalue weighted by Crippen LogP contribution is -2.49. The molecule has 8 rings (SSSR count). The number of phosphoric ester groups is 2. The molecular formula is C29H36N13O15P2-. The average Bonchev–Trinajstić information content (AvgIpc) is 3.98. The molecule has 0 amide bonds. The Balaban J connectivity index is 1.10. The highest BCUT2D eigenvalue weighted by Crippen LogP contribution is 2.54. The maximum atomic E-state index is 13.7. The number of nitrogen functional groups attached to an aromatic ring is 3. The first kappa shape index (κ1) is 41.0. The van der Waals surface area contributed by atoms with Crippen molar-refractivity contribution in [3.8, 4) is 0 Å². The lowest BCUT2D eigenvalue weighted by Gasteiger charge is -2.38. The Bertz CT molecular complexity index is 2600. The van der Waals surface area contributed by atoms with Crippen LogP contribution in [0.15, 0.2) is 40.8 Å². The van der Waals surface area contributed by atoms with E-state index < -0.39 is 108 Å². The van der Waals surface area contributed by atoms with Gasteiger partial charge < -0.3 is 60.8 Å². The number of nitrogens with one attached hydrogen (secondary N) is 1. The molecule has 3 aliphatic rings. The molecule has 59 heavy (non-hydrogen) atoms. The number of anilines is 3. The third kappa shape index (κ3) is 8.10. The molecule has 28 nitrogen and oxygen atoms in total. The fourth-order valence-electron chi connectivity index (χ4n) is 7.46. The molecule has 11 unspecified atom stereocenters. The van der Waals surface area contributed by atoms with Crippen molar-refractivity contribution in [3.05, 3.63) is 52.1 Å². The molecule has 0 spiro atoms. The second-order valence-electron chi connectivity index (χ2n) is 13.9. The number of H-pyrrole nitrogens is 1. The molecule has 3 fully saturated rings. The van der Waals surface area contributed by atoms with E-state index in [1.807, 2.05) is 0 Å². The number of aromatic amines is 1. The summed E-state index contributed by atoms with van der Waals surface area (Å²) in [5.41, 5.74) is 13.9. The highest BCUT2D eigenvalue weighted by Gasteiger charge is 2.56. The van der Waals surface area contributed by atoms with Gasteiger partial charge in [0.15, 0.2) is 22.6 Å². The first-order valence-electron chi connectivity index (χ1n) is 17.6. The largest absolute Gasteiger partial charge is 0.756 e. The van der Waals surface area contributed by atoms with E-state index in [4.69, 9.17) is 45.0 Å². The monoisotopic (exact) mass is 868 g/mol. The van der Waals surface area contributed by atoms with Crippen molar-refractivity contribution in [2.24, 2.45) is 0 Å². The second kappa shape index (κ2) is 15.3. The van der Waals surface area contributed by atoms with Crippen LogP contribution in [-0.4, -0.2) is 118 Å². The Hall–Kier alpha value is -4.80. The van der Waals surface area contributed by atoms with Crippen molar-refractivity contribution in [1.29, 1.82) is 0 Å². The third-order valence-electron chi connectivity index (χ3n) is 10.1. The van der Waals surface area contributed by atoms with Gasteiger partial charge >= 0.3 is 13.5 Å². The van der Waals surface area contributed by atoms with Crippen molar-refractivity contribution in [2.75, 3.05) is 30.4 Å². The molecule has 318 valence electrons. The molecule has 0 bridgehead atoms. The highest BCUT2D eigenvalue weighted by molar-refractivity contribution is 7.47. The minimum Gasteiger partial charge on any atom is -0.756 e. The number of aliphatic hydroxyl groups excluding tert-OH is 2. The first-order chi connectivity index (χ1) is 27.9. The molecule has 0 radical (unpaired) electrons. The van der Waals surface area contributed by atoms with Gasteiger partial charge in [0.1, 0.15) is 60.3 Å². The first-order valence-corrected chi connectivity index (χ1v) is 20.6. The second-order valence-corrected chi connectivity index (χ2v) is 16.5. The summed E-state index contributed by atoms with van der Waals surface area (Å²) in [7, 11) is -10.9. The van der Waals surface area contributed by atoms with E-state index in [2.05, 4.69) is 34.9 Å². The van der Waals surface area contributed by atoms with Crippen LogP contribution >= 0.6 is 15.6 Å². The molecule has 5 aromatic rings. The van der Waals surface area contributed by atoms with E-state index in [-0.39, 0.29) is 52.8 Å². The standard InChI is InChI=1S/C29H37N13O15P2/c30-17-1-2-40(28(46)37-17)19-4-13(15(7-43)54-19)56-59(50,51)52-8-29(6-14-12(44)3-18(53-14)41-11-36-22-25(41)38-27(32)39-26(22)45)16(57-58(47,48)49)5-20(55-29)42-10-35-21-23(31)33-9-34-24(21)42/h1-2,9-16,18-20,43-44H,3-8H2,(H,50,51)(H2,30,37,46)(H2,31,33,34)(H2,47,48,49)(H3,32,38,39,45)/p-1. The van der Waals surface area contributed by atoms with Crippen molar-refractivity contribution in [1.82, 2.24) is 48.6 Å². The molecule has 11 N–H and O–H groups in total. The molecule has 0 aromatic carbocycles. The normalized spacial score (nSPS) is 30.6. The summed E-state index contributed by atoms with van der Waals surface area (Å²) in [6, 6.07) is 1.32. The Labute approximate surface area is 328 Å². The summed E-state index contributed by atoms with van der Waals surface area (Å²) in [4.78, 5) is 84.8. The molecule has 11 atom stereocenters. The number of imidazole rings is 2. The third-order valence-corrected chi connectivity index (χ3v) is 11.6. The van der Waals surface area contributed by atoms with E-state index >= 15 is 0 Å². The quantitative estimate of drug-likeness (QED) is 0.0558. The van der Waals surface area contributed by atoms with E-state index in [0.717, 1.165) is 10.9 Å². The zero-order valence-electron chi connectivity index (χ0n) is 30.2. The van der Waals surface area contributed by atoms with E-state index in [0.29, 0.717) is 0 Å². The number of aliphatic hydroxyl groups is 2. The van der Waals surface area contributed by atoms with E-state index in [1.165, 1.54) is 34.1 Å². The number of nitrogens with two attached hydrogens (primary N) is 3. The zero-order chi connectivity index (χ0) is 42.0. The molecule has 8 heterocycles. The van der Waals surface area contributed by atoms with Gasteiger partial charge in [0.05, 0.1) is 38.1 Å². The van der Waals surface area contributed by atoms with Gasteiger partial charge in [-0.25, -0.2) is 29.3 Å². The fraction of sp³-hybridized carbons (Fsp3) is 0.517. The Morgan fingerprint density at radius 2 is 1.63 bits per heavy atom. The number of fused-ring (bicyclic) bond motifs is 2. The van der Waals surface area contributed by atoms with Crippen LogP contribution in [0.25, 0.3) is 22.3 Å². The molecule has 0 aliphatic carbocycles. The van der Waals surface area contributed by atoms with Gasteiger partial charge in [0, 0.05) is 31.9 Å². The summed E-state index contributed by atoms with van der Waals surface area (Å²) >= 11 is 0. The van der Waals surface area contributed by atoms with Gasteiger partial charge in [-0.15, -0.1) is 0 Å². The van der Waals surface area contributed by atoms with Gasteiger partial charge in [0.25, 0.3) is 13.4 Å². The summed E-state index contributed by atoms with van der Waals surface area (Å²) in [5, 5.41) is 21.4. The maximum absolute atomic E-state index is 13.7. The smallest absolute Gasteiger partial charge is 0.472 e. The van der Waals surface area contributed by atoms with E-state index in [9.17, 15) is 43.6 Å². The maximum Gasteiger partial charge on any atom is 0.472 e. The summed E-state index contributed by atoms with van der Waals surface area (Å²) in [5.74, 6) is -0.282. The van der Waals surface area contributed by atoms with Crippen LogP contribution in [0.2, 0.25) is 0 Å². The number of hydrogen-bond acceptors (Lipinski definition) is 22. The predicted octanol–water partition coefficient (Wildman–Crippen LogP) is -2.71. The van der Waals surface area contributed by atoms with Crippen LogP contribution in [-0.2, 0) is 36.9 Å². The van der Waals surface area contributed by atoms with Crippen molar-refractivity contribution in [3.63, 3.8) is 0 Å². The number of nitrogens with zero attached hydrogens (tertiary/aromatic N) is 9. The SMILES string of the molecule is Nc1ccn(C2CC(OP(=O)(O)OCC3(CC4OC(n5cnc6c(=O)[nH]c(N)nc65)CC4O)OC(n4cnc5c(N)ncnc54)CC3OP(=O)([O-])O)C(CO)O2)c(=O)n1. The number of ether oxygens (including phenoxy) is 3. The number of hydrogen-bond donors (Lipinski definition) is 8. The van der Waals surface area contributed by atoms with Gasteiger partial charge in [-0.05, 0) is 6.07 Å².